The highest BCUT2D eigenvalue weighted by Crippen LogP contribution is 2.31. The number of phenolic OH excluding ortho intramolecular Hbond substituents is 1. The van der Waals surface area contributed by atoms with Crippen molar-refractivity contribution in [2.75, 3.05) is 26.2 Å². The van der Waals surface area contributed by atoms with Crippen LogP contribution in [0.5, 0.6) is 11.5 Å². The zero-order chi connectivity index (χ0) is 18.3. The molecule has 1 aromatic carbocycles. The minimum atomic E-state index is -0.668. The smallest absolute Gasteiger partial charge is 0.232 e. The minimum Gasteiger partial charge on any atom is -0.507 e. The molecule has 0 saturated heterocycles. The average molecular weight is 356 g/mol. The second-order valence-electron chi connectivity index (χ2n) is 5.93. The lowest BCUT2D eigenvalue weighted by atomic mass is 10.0. The molecule has 136 valence electrons. The number of thiol groups is 1. The number of ether oxygens (including phenoxy) is 1. The molecular weight excluding hydrogens is 328 g/mol. The number of aryl methyl sites for hydroxylation is 1. The molecule has 0 heterocycles. The zero-order valence-electron chi connectivity index (χ0n) is 14.7. The van der Waals surface area contributed by atoms with Crippen LogP contribution in [0, 0.1) is 20.8 Å². The first kappa shape index (κ1) is 20.6. The average Bonchev–Trinajstić information content (AvgIpc) is 2.54. The van der Waals surface area contributed by atoms with E-state index in [-0.39, 0.29) is 23.5 Å². The normalized spacial score (nSPS) is 13.4. The number of carbonyl (C=O) groups excluding carboxylic acids is 1. The second kappa shape index (κ2) is 9.76. The van der Waals surface area contributed by atoms with Gasteiger partial charge < -0.3 is 25.6 Å². The summed E-state index contributed by atoms with van der Waals surface area (Å²) < 4.78 is 5.66. The number of phenols is 1. The number of rotatable bonds is 9. The zero-order valence-corrected chi connectivity index (χ0v) is 15.6. The number of aliphatic hydroxyl groups is 1. The molecule has 0 saturated carbocycles. The highest BCUT2D eigenvalue weighted by molar-refractivity contribution is 7.81. The quantitative estimate of drug-likeness (QED) is 0.337. The summed E-state index contributed by atoms with van der Waals surface area (Å²) in [4.78, 5) is 11.3. The number of amides is 1. The number of hydrogen-bond acceptors (Lipinski definition) is 6. The Morgan fingerprint density at radius 3 is 2.58 bits per heavy atom. The summed E-state index contributed by atoms with van der Waals surface area (Å²) >= 11 is 4.04. The molecule has 1 amide bonds. The summed E-state index contributed by atoms with van der Waals surface area (Å²) in [5.41, 5.74) is 2.39. The molecule has 0 aliphatic rings. The Balaban J connectivity index is 2.32. The number of nitrogens with one attached hydrogen (secondary N) is 2. The van der Waals surface area contributed by atoms with Crippen molar-refractivity contribution in [2.45, 2.75) is 39.0 Å². The Labute approximate surface area is 149 Å². The number of aromatic hydroxyl groups is 1. The number of benzene rings is 1. The van der Waals surface area contributed by atoms with Crippen molar-refractivity contribution in [3.8, 4) is 11.5 Å². The molecule has 7 heteroatoms. The van der Waals surface area contributed by atoms with Crippen molar-refractivity contribution in [3.05, 3.63) is 22.8 Å². The summed E-state index contributed by atoms with van der Waals surface area (Å²) in [5.74, 6) is 0.828. The van der Waals surface area contributed by atoms with Crippen LogP contribution in [-0.2, 0) is 4.79 Å². The third-order valence-corrected chi connectivity index (χ3v) is 4.03. The molecule has 2 atom stereocenters. The Hall–Kier alpha value is -1.44. The standard InChI is InChI=1S/C17H28N2O4S/c1-10-7-15(11(2)12(3)16(10)21)23-9-14(20)8-18-5-6-19-17(22)13(4)24/h7,13-14,18,20-21,24H,5-6,8-9H2,1-4H3,(H,19,22). The molecule has 0 aliphatic heterocycles. The maximum absolute atomic E-state index is 11.3. The summed E-state index contributed by atoms with van der Waals surface area (Å²) in [7, 11) is 0. The van der Waals surface area contributed by atoms with Gasteiger partial charge in [0.05, 0.1) is 5.25 Å². The third kappa shape index (κ3) is 6.22. The van der Waals surface area contributed by atoms with Crippen LogP contribution >= 0.6 is 12.6 Å². The summed E-state index contributed by atoms with van der Waals surface area (Å²) in [6.45, 7) is 8.78. The molecule has 6 nitrogen and oxygen atoms in total. The van der Waals surface area contributed by atoms with Crippen LogP contribution < -0.4 is 15.4 Å². The molecule has 0 bridgehead atoms. The van der Waals surface area contributed by atoms with Crippen molar-refractivity contribution in [1.29, 1.82) is 0 Å². The van der Waals surface area contributed by atoms with Crippen LogP contribution in [0.15, 0.2) is 6.07 Å². The van der Waals surface area contributed by atoms with Gasteiger partial charge in [0.15, 0.2) is 0 Å². The fourth-order valence-electron chi connectivity index (χ4n) is 2.12. The molecule has 24 heavy (non-hydrogen) atoms. The van der Waals surface area contributed by atoms with E-state index in [1.165, 1.54) is 0 Å². The predicted molar refractivity (Wildman–Crippen MR) is 98.1 cm³/mol. The number of aliphatic hydroxyl groups excluding tert-OH is 1. The predicted octanol–water partition coefficient (Wildman–Crippen LogP) is 1.08. The van der Waals surface area contributed by atoms with E-state index in [1.807, 2.05) is 20.8 Å². The lowest BCUT2D eigenvalue weighted by molar-refractivity contribution is -0.120. The minimum absolute atomic E-state index is 0.113. The van der Waals surface area contributed by atoms with Gasteiger partial charge in [-0.05, 0) is 50.5 Å². The third-order valence-electron chi connectivity index (χ3n) is 3.80. The molecule has 0 aromatic heterocycles. The van der Waals surface area contributed by atoms with Crippen LogP contribution in [0.2, 0.25) is 0 Å². The van der Waals surface area contributed by atoms with Gasteiger partial charge in [0.25, 0.3) is 0 Å². The first-order valence-electron chi connectivity index (χ1n) is 8.01. The fraction of sp³-hybridized carbons (Fsp3) is 0.588. The maximum Gasteiger partial charge on any atom is 0.232 e. The molecule has 0 radical (unpaired) electrons. The number of hydrogen-bond donors (Lipinski definition) is 5. The lowest BCUT2D eigenvalue weighted by Gasteiger charge is -2.17. The van der Waals surface area contributed by atoms with E-state index >= 15 is 0 Å². The van der Waals surface area contributed by atoms with Crippen LogP contribution in [-0.4, -0.2) is 53.7 Å². The summed E-state index contributed by atoms with van der Waals surface area (Å²) in [6.07, 6.45) is -0.668. The summed E-state index contributed by atoms with van der Waals surface area (Å²) in [5, 5.41) is 25.3. The van der Waals surface area contributed by atoms with Gasteiger partial charge in [0.1, 0.15) is 24.2 Å². The first-order valence-corrected chi connectivity index (χ1v) is 8.52. The molecule has 4 N–H and O–H groups in total. The Morgan fingerprint density at radius 1 is 1.29 bits per heavy atom. The van der Waals surface area contributed by atoms with E-state index in [1.54, 1.807) is 13.0 Å². The molecule has 0 fully saturated rings. The molecule has 1 rings (SSSR count). The van der Waals surface area contributed by atoms with E-state index in [2.05, 4.69) is 23.3 Å². The van der Waals surface area contributed by atoms with E-state index in [0.717, 1.165) is 16.7 Å². The van der Waals surface area contributed by atoms with Gasteiger partial charge in [-0.25, -0.2) is 0 Å². The Bertz CT molecular complexity index is 564. The Kier molecular flexibility index (Phi) is 8.38. The summed E-state index contributed by atoms with van der Waals surface area (Å²) in [6, 6.07) is 1.77. The van der Waals surface area contributed by atoms with Crippen LogP contribution in [0.25, 0.3) is 0 Å². The van der Waals surface area contributed by atoms with Crippen molar-refractivity contribution < 1.29 is 19.7 Å². The largest absolute Gasteiger partial charge is 0.507 e. The van der Waals surface area contributed by atoms with E-state index in [4.69, 9.17) is 4.74 Å². The van der Waals surface area contributed by atoms with Gasteiger partial charge in [0.2, 0.25) is 5.91 Å². The van der Waals surface area contributed by atoms with Gasteiger partial charge >= 0.3 is 0 Å². The van der Waals surface area contributed by atoms with Gasteiger partial charge in [-0.15, -0.1) is 0 Å². The molecular formula is C17H28N2O4S. The maximum atomic E-state index is 11.3. The van der Waals surface area contributed by atoms with Gasteiger partial charge in [0, 0.05) is 19.6 Å². The van der Waals surface area contributed by atoms with Gasteiger partial charge in [-0.1, -0.05) is 0 Å². The SMILES string of the molecule is Cc1cc(OCC(O)CNCCNC(=O)C(C)S)c(C)c(C)c1O. The highest BCUT2D eigenvalue weighted by Gasteiger charge is 2.12. The topological polar surface area (TPSA) is 90.8 Å². The monoisotopic (exact) mass is 356 g/mol. The second-order valence-corrected chi connectivity index (χ2v) is 6.70. The molecule has 1 aromatic rings. The van der Waals surface area contributed by atoms with E-state index in [9.17, 15) is 15.0 Å². The number of carbonyl (C=O) groups is 1. The molecule has 0 aliphatic carbocycles. The highest BCUT2D eigenvalue weighted by atomic mass is 32.1. The van der Waals surface area contributed by atoms with Crippen molar-refractivity contribution >= 4 is 18.5 Å². The lowest BCUT2D eigenvalue weighted by Crippen LogP contribution is -2.38. The molecule has 0 spiro atoms. The Morgan fingerprint density at radius 2 is 1.96 bits per heavy atom. The van der Waals surface area contributed by atoms with Gasteiger partial charge in [-0.3, -0.25) is 4.79 Å². The van der Waals surface area contributed by atoms with Crippen LogP contribution in [0.3, 0.4) is 0 Å². The molecule has 2 unspecified atom stereocenters. The van der Waals surface area contributed by atoms with Crippen molar-refractivity contribution in [2.24, 2.45) is 0 Å². The van der Waals surface area contributed by atoms with Gasteiger partial charge in [-0.2, -0.15) is 12.6 Å². The van der Waals surface area contributed by atoms with Crippen LogP contribution in [0.4, 0.5) is 0 Å². The fourth-order valence-corrected chi connectivity index (χ4v) is 2.21. The van der Waals surface area contributed by atoms with Crippen LogP contribution in [0.1, 0.15) is 23.6 Å². The van der Waals surface area contributed by atoms with E-state index in [0.29, 0.717) is 25.4 Å². The first-order chi connectivity index (χ1) is 11.2. The van der Waals surface area contributed by atoms with Crippen molar-refractivity contribution in [3.63, 3.8) is 0 Å². The van der Waals surface area contributed by atoms with E-state index < -0.39 is 6.10 Å². The van der Waals surface area contributed by atoms with Crippen molar-refractivity contribution in [1.82, 2.24) is 10.6 Å².